The molecule has 0 aromatic heterocycles. The van der Waals surface area contributed by atoms with Crippen LogP contribution in [-0.4, -0.2) is 37.4 Å². The molecule has 7 nitrogen and oxygen atoms in total. The number of carbonyl (C=O) groups is 3. The van der Waals surface area contributed by atoms with E-state index in [4.69, 9.17) is 4.74 Å². The van der Waals surface area contributed by atoms with Crippen molar-refractivity contribution in [2.45, 2.75) is 13.3 Å². The maximum Gasteiger partial charge on any atom is 0.243 e. The number of ether oxygens (including phenoxy) is 1. The predicted molar refractivity (Wildman–Crippen MR) is 106 cm³/mol. The van der Waals surface area contributed by atoms with E-state index in [0.29, 0.717) is 24.1 Å². The van der Waals surface area contributed by atoms with Crippen LogP contribution in [-0.2, 0) is 14.4 Å². The van der Waals surface area contributed by atoms with Crippen LogP contribution in [0.3, 0.4) is 0 Å². The SMILES string of the molecule is CCOc1ccc(NC(=O)CNC(=O)C2CC(=O)N(c3cc(F)cc(F)c3)C2)cc1. The molecule has 1 aliphatic heterocycles. The van der Waals surface area contributed by atoms with Crippen molar-refractivity contribution in [3.63, 3.8) is 0 Å². The van der Waals surface area contributed by atoms with Crippen LogP contribution in [0.5, 0.6) is 5.75 Å². The zero-order valence-corrected chi connectivity index (χ0v) is 16.3. The van der Waals surface area contributed by atoms with Crippen molar-refractivity contribution in [1.29, 1.82) is 0 Å². The monoisotopic (exact) mass is 417 g/mol. The number of nitrogens with zero attached hydrogens (tertiary/aromatic N) is 1. The fraction of sp³-hybridized carbons (Fsp3) is 0.286. The maximum absolute atomic E-state index is 13.4. The normalized spacial score (nSPS) is 15.8. The second-order valence-corrected chi connectivity index (χ2v) is 6.76. The molecule has 3 rings (SSSR count). The number of anilines is 2. The van der Waals surface area contributed by atoms with E-state index in [1.165, 1.54) is 0 Å². The number of rotatable bonds is 7. The summed E-state index contributed by atoms with van der Waals surface area (Å²) in [6, 6.07) is 9.55. The number of hydrogen-bond donors (Lipinski definition) is 2. The lowest BCUT2D eigenvalue weighted by Gasteiger charge is -2.17. The number of nitrogens with one attached hydrogen (secondary N) is 2. The van der Waals surface area contributed by atoms with Crippen molar-refractivity contribution in [1.82, 2.24) is 5.32 Å². The first kappa shape index (κ1) is 21.2. The lowest BCUT2D eigenvalue weighted by atomic mass is 10.1. The van der Waals surface area contributed by atoms with E-state index in [9.17, 15) is 23.2 Å². The predicted octanol–water partition coefficient (Wildman–Crippen LogP) is 2.47. The number of halogens is 2. The van der Waals surface area contributed by atoms with Crippen LogP contribution in [0.25, 0.3) is 0 Å². The molecule has 30 heavy (non-hydrogen) atoms. The summed E-state index contributed by atoms with van der Waals surface area (Å²) in [7, 11) is 0. The summed E-state index contributed by atoms with van der Waals surface area (Å²) >= 11 is 0. The lowest BCUT2D eigenvalue weighted by Crippen LogP contribution is -2.37. The van der Waals surface area contributed by atoms with Crippen LogP contribution < -0.4 is 20.3 Å². The van der Waals surface area contributed by atoms with Crippen LogP contribution in [0.2, 0.25) is 0 Å². The lowest BCUT2D eigenvalue weighted by molar-refractivity contribution is -0.127. The first-order chi connectivity index (χ1) is 14.4. The van der Waals surface area contributed by atoms with E-state index in [2.05, 4.69) is 10.6 Å². The molecule has 0 radical (unpaired) electrons. The second-order valence-electron chi connectivity index (χ2n) is 6.76. The van der Waals surface area contributed by atoms with Crippen LogP contribution in [0.1, 0.15) is 13.3 Å². The van der Waals surface area contributed by atoms with Gasteiger partial charge in [0.2, 0.25) is 17.7 Å². The highest BCUT2D eigenvalue weighted by Gasteiger charge is 2.35. The fourth-order valence-corrected chi connectivity index (χ4v) is 3.15. The molecule has 1 fully saturated rings. The Morgan fingerprint density at radius 3 is 2.43 bits per heavy atom. The Balaban J connectivity index is 1.51. The Labute approximate surface area is 172 Å². The van der Waals surface area contributed by atoms with Gasteiger partial charge in [0.25, 0.3) is 0 Å². The zero-order chi connectivity index (χ0) is 21.7. The van der Waals surface area contributed by atoms with Crippen LogP contribution >= 0.6 is 0 Å². The molecule has 2 aromatic rings. The molecule has 2 aromatic carbocycles. The van der Waals surface area contributed by atoms with Gasteiger partial charge >= 0.3 is 0 Å². The summed E-state index contributed by atoms with van der Waals surface area (Å²) < 4.78 is 32.1. The standard InChI is InChI=1S/C21H21F2N3O4/c1-2-30-18-5-3-16(4-6-18)25-19(27)11-24-21(29)13-7-20(28)26(12-13)17-9-14(22)8-15(23)10-17/h3-6,8-10,13H,2,7,11-12H2,1H3,(H,24,29)(H,25,27). The number of hydrogen-bond acceptors (Lipinski definition) is 4. The molecule has 1 aliphatic rings. The molecule has 9 heteroatoms. The van der Waals surface area contributed by atoms with Gasteiger partial charge in [-0.1, -0.05) is 0 Å². The maximum atomic E-state index is 13.4. The Hall–Kier alpha value is -3.49. The molecular weight excluding hydrogens is 396 g/mol. The molecule has 1 saturated heterocycles. The molecule has 0 bridgehead atoms. The highest BCUT2D eigenvalue weighted by atomic mass is 19.1. The van der Waals surface area contributed by atoms with Crippen molar-refractivity contribution in [3.05, 3.63) is 54.1 Å². The minimum absolute atomic E-state index is 0.0198. The van der Waals surface area contributed by atoms with E-state index in [1.54, 1.807) is 24.3 Å². The van der Waals surface area contributed by atoms with Gasteiger partial charge in [-0.3, -0.25) is 14.4 Å². The van der Waals surface area contributed by atoms with Crippen LogP contribution in [0.15, 0.2) is 42.5 Å². The summed E-state index contributed by atoms with van der Waals surface area (Å²) in [6.45, 7) is 2.11. The Morgan fingerprint density at radius 2 is 1.80 bits per heavy atom. The van der Waals surface area contributed by atoms with Crippen molar-refractivity contribution in [3.8, 4) is 5.75 Å². The van der Waals surface area contributed by atoms with Gasteiger partial charge in [0, 0.05) is 30.4 Å². The summed E-state index contributed by atoms with van der Waals surface area (Å²) in [5.74, 6) is -2.99. The van der Waals surface area contributed by atoms with Gasteiger partial charge in [-0.15, -0.1) is 0 Å². The van der Waals surface area contributed by atoms with Gasteiger partial charge in [0.15, 0.2) is 0 Å². The molecule has 3 amide bonds. The second kappa shape index (κ2) is 9.34. The van der Waals surface area contributed by atoms with E-state index < -0.39 is 35.3 Å². The first-order valence-corrected chi connectivity index (χ1v) is 9.42. The van der Waals surface area contributed by atoms with Crippen molar-refractivity contribution in [2.75, 3.05) is 29.9 Å². The summed E-state index contributed by atoms with van der Waals surface area (Å²) in [5, 5.41) is 5.13. The smallest absolute Gasteiger partial charge is 0.243 e. The minimum atomic E-state index is -0.809. The fourth-order valence-electron chi connectivity index (χ4n) is 3.15. The van der Waals surface area contributed by atoms with Gasteiger partial charge in [-0.05, 0) is 43.3 Å². The average molecular weight is 417 g/mol. The van der Waals surface area contributed by atoms with Crippen molar-refractivity contribution < 1.29 is 27.9 Å². The number of amides is 3. The summed E-state index contributed by atoms with van der Waals surface area (Å²) in [6.07, 6.45) is -0.107. The molecule has 1 atom stereocenters. The van der Waals surface area contributed by atoms with Crippen molar-refractivity contribution in [2.24, 2.45) is 5.92 Å². The molecule has 0 saturated carbocycles. The highest BCUT2D eigenvalue weighted by Crippen LogP contribution is 2.26. The van der Waals surface area contributed by atoms with Gasteiger partial charge in [0.1, 0.15) is 17.4 Å². The van der Waals surface area contributed by atoms with Crippen molar-refractivity contribution >= 4 is 29.1 Å². The van der Waals surface area contributed by atoms with E-state index >= 15 is 0 Å². The number of carbonyl (C=O) groups excluding carboxylic acids is 3. The Morgan fingerprint density at radius 1 is 1.13 bits per heavy atom. The third-order valence-corrected chi connectivity index (χ3v) is 4.53. The molecule has 2 N–H and O–H groups in total. The Bertz CT molecular complexity index is 930. The van der Waals surface area contributed by atoms with Gasteiger partial charge < -0.3 is 20.3 Å². The topological polar surface area (TPSA) is 87.7 Å². The Kier molecular flexibility index (Phi) is 6.61. The van der Waals surface area contributed by atoms with E-state index in [-0.39, 0.29) is 25.2 Å². The number of benzene rings is 2. The van der Waals surface area contributed by atoms with Crippen LogP contribution in [0, 0.1) is 17.6 Å². The summed E-state index contributed by atoms with van der Waals surface area (Å²) in [5.41, 5.74) is 0.606. The highest BCUT2D eigenvalue weighted by molar-refractivity contribution is 6.01. The largest absolute Gasteiger partial charge is 0.494 e. The zero-order valence-electron chi connectivity index (χ0n) is 16.3. The average Bonchev–Trinajstić information content (AvgIpc) is 3.09. The van der Waals surface area contributed by atoms with Gasteiger partial charge in [0.05, 0.1) is 19.1 Å². The van der Waals surface area contributed by atoms with Crippen LogP contribution in [0.4, 0.5) is 20.2 Å². The van der Waals surface area contributed by atoms with Gasteiger partial charge in [-0.2, -0.15) is 0 Å². The van der Waals surface area contributed by atoms with E-state index in [0.717, 1.165) is 17.0 Å². The van der Waals surface area contributed by atoms with Gasteiger partial charge in [-0.25, -0.2) is 8.78 Å². The summed E-state index contributed by atoms with van der Waals surface area (Å²) in [4.78, 5) is 37.7. The quantitative estimate of drug-likeness (QED) is 0.725. The molecule has 158 valence electrons. The minimum Gasteiger partial charge on any atom is -0.494 e. The first-order valence-electron chi connectivity index (χ1n) is 9.42. The molecule has 1 unspecified atom stereocenters. The molecule has 0 spiro atoms. The molecular formula is C21H21F2N3O4. The third-order valence-electron chi connectivity index (χ3n) is 4.53. The van der Waals surface area contributed by atoms with E-state index in [1.807, 2.05) is 6.92 Å². The third kappa shape index (κ3) is 5.31. The molecule has 0 aliphatic carbocycles. The molecule has 1 heterocycles.